The van der Waals surface area contributed by atoms with E-state index >= 15 is 0 Å². The summed E-state index contributed by atoms with van der Waals surface area (Å²) >= 11 is 1.46. The second kappa shape index (κ2) is 9.63. The zero-order chi connectivity index (χ0) is 22.6. The fourth-order valence-corrected chi connectivity index (χ4v) is 4.71. The van der Waals surface area contributed by atoms with E-state index in [-0.39, 0.29) is 11.2 Å². The number of thioether (sulfide) groups is 1. The van der Waals surface area contributed by atoms with Gasteiger partial charge in [-0.05, 0) is 37.0 Å². The van der Waals surface area contributed by atoms with Crippen LogP contribution in [-0.2, 0) is 11.3 Å². The molecule has 0 aliphatic heterocycles. The van der Waals surface area contributed by atoms with Crippen LogP contribution in [0.2, 0.25) is 0 Å². The second-order valence-corrected chi connectivity index (χ2v) is 9.66. The minimum Gasteiger partial charge on any atom is -0.325 e. The molecule has 4 aromatic rings. The van der Waals surface area contributed by atoms with Crippen molar-refractivity contribution >= 4 is 23.4 Å². The second-order valence-electron chi connectivity index (χ2n) is 8.35. The molecule has 1 aliphatic carbocycles. The number of para-hydroxylation sites is 1. The number of anilines is 1. The van der Waals surface area contributed by atoms with Crippen molar-refractivity contribution < 1.29 is 4.79 Å². The summed E-state index contributed by atoms with van der Waals surface area (Å²) in [6.45, 7) is 2.64. The maximum atomic E-state index is 13.1. The number of rotatable bonds is 8. The summed E-state index contributed by atoms with van der Waals surface area (Å²) < 4.78 is 2.18. The summed E-state index contributed by atoms with van der Waals surface area (Å²) in [4.78, 5) is 13.1. The molecule has 166 valence electrons. The molecule has 1 aliphatic rings. The summed E-state index contributed by atoms with van der Waals surface area (Å²) in [5, 5.41) is 12.5. The number of aromatic nitrogens is 3. The first-order valence-electron chi connectivity index (χ1n) is 11.3. The average Bonchev–Trinajstić information content (AvgIpc) is 3.63. The van der Waals surface area contributed by atoms with Gasteiger partial charge in [0.1, 0.15) is 5.82 Å². The molecule has 33 heavy (non-hydrogen) atoms. The predicted molar refractivity (Wildman–Crippen MR) is 133 cm³/mol. The predicted octanol–water partition coefficient (Wildman–Crippen LogP) is 5.99. The Labute approximate surface area is 198 Å². The number of benzene rings is 3. The van der Waals surface area contributed by atoms with Gasteiger partial charge < -0.3 is 9.88 Å². The van der Waals surface area contributed by atoms with Crippen molar-refractivity contribution in [2.45, 2.75) is 42.6 Å². The quantitative estimate of drug-likeness (QED) is 0.332. The van der Waals surface area contributed by atoms with E-state index in [0.717, 1.165) is 40.6 Å². The lowest BCUT2D eigenvalue weighted by Crippen LogP contribution is -2.23. The van der Waals surface area contributed by atoms with E-state index in [9.17, 15) is 4.79 Å². The zero-order valence-electron chi connectivity index (χ0n) is 18.5. The van der Waals surface area contributed by atoms with Crippen molar-refractivity contribution in [2.24, 2.45) is 0 Å². The van der Waals surface area contributed by atoms with Gasteiger partial charge in [-0.25, -0.2) is 0 Å². The molecule has 5 nitrogen and oxygen atoms in total. The monoisotopic (exact) mass is 454 g/mol. The molecule has 5 rings (SSSR count). The van der Waals surface area contributed by atoms with Crippen molar-refractivity contribution in [3.8, 4) is 11.1 Å². The maximum Gasteiger partial charge on any atom is 0.237 e. The molecule has 1 fully saturated rings. The topological polar surface area (TPSA) is 59.8 Å². The molecule has 6 heteroatoms. The Morgan fingerprint density at radius 1 is 0.970 bits per heavy atom. The van der Waals surface area contributed by atoms with Gasteiger partial charge in [-0.1, -0.05) is 90.6 Å². The Bertz CT molecular complexity index is 1240. The fourth-order valence-electron chi connectivity index (χ4n) is 3.85. The number of nitrogens with one attached hydrogen (secondary N) is 1. The van der Waals surface area contributed by atoms with Crippen LogP contribution in [0.5, 0.6) is 0 Å². The molecule has 0 unspecified atom stereocenters. The Morgan fingerprint density at radius 3 is 2.36 bits per heavy atom. The Morgan fingerprint density at radius 2 is 1.64 bits per heavy atom. The lowest BCUT2D eigenvalue weighted by atomic mass is 10.0. The minimum absolute atomic E-state index is 0.0504. The summed E-state index contributed by atoms with van der Waals surface area (Å²) in [7, 11) is 0. The summed E-state index contributed by atoms with van der Waals surface area (Å²) in [6, 6.07) is 28.3. The fraction of sp³-hybridized carbons (Fsp3) is 0.222. The SMILES string of the molecule is C[C@H](Sc1nnc(C2CC2)n1Cc1ccccc1)C(=O)Nc1ccccc1-c1ccccc1. The first kappa shape index (κ1) is 21.5. The zero-order valence-corrected chi connectivity index (χ0v) is 19.3. The Kier molecular flexibility index (Phi) is 6.26. The number of carbonyl (C=O) groups is 1. The van der Waals surface area contributed by atoms with E-state index < -0.39 is 0 Å². The normalized spacial score (nSPS) is 14.1. The van der Waals surface area contributed by atoms with Crippen LogP contribution >= 0.6 is 11.8 Å². The molecule has 1 amide bonds. The molecule has 0 bridgehead atoms. The van der Waals surface area contributed by atoms with Crippen LogP contribution in [0, 0.1) is 0 Å². The Hall–Kier alpha value is -3.38. The number of hydrogen-bond acceptors (Lipinski definition) is 4. The van der Waals surface area contributed by atoms with Crippen LogP contribution in [0.25, 0.3) is 11.1 Å². The molecule has 0 spiro atoms. The standard InChI is InChI=1S/C27H26N4OS/c1-19(26(32)28-24-15-9-8-14-23(24)21-12-6-3-7-13-21)33-27-30-29-25(22-16-17-22)31(27)18-20-10-4-2-5-11-20/h2-15,19,22H,16-18H2,1H3,(H,28,32)/t19-/m0/s1. The highest BCUT2D eigenvalue weighted by molar-refractivity contribution is 8.00. The van der Waals surface area contributed by atoms with Crippen molar-refractivity contribution in [1.29, 1.82) is 0 Å². The Balaban J connectivity index is 1.34. The van der Waals surface area contributed by atoms with E-state index in [1.807, 2.05) is 67.6 Å². The third-order valence-corrected chi connectivity index (χ3v) is 6.87. The highest BCUT2D eigenvalue weighted by Crippen LogP contribution is 2.40. The van der Waals surface area contributed by atoms with E-state index in [0.29, 0.717) is 12.5 Å². The van der Waals surface area contributed by atoms with E-state index in [2.05, 4.69) is 44.3 Å². The molecule has 0 saturated heterocycles. The molecule has 1 heterocycles. The third-order valence-electron chi connectivity index (χ3n) is 5.79. The molecule has 3 aromatic carbocycles. The van der Waals surface area contributed by atoms with Crippen LogP contribution in [0.3, 0.4) is 0 Å². The molecular weight excluding hydrogens is 428 g/mol. The van der Waals surface area contributed by atoms with E-state index in [4.69, 9.17) is 0 Å². The molecule has 1 N–H and O–H groups in total. The van der Waals surface area contributed by atoms with Gasteiger partial charge in [0.15, 0.2) is 5.16 Å². The largest absolute Gasteiger partial charge is 0.325 e. The van der Waals surface area contributed by atoms with Crippen LogP contribution in [0.4, 0.5) is 5.69 Å². The van der Waals surface area contributed by atoms with Gasteiger partial charge in [-0.3, -0.25) is 4.79 Å². The summed E-state index contributed by atoms with van der Waals surface area (Å²) in [6.07, 6.45) is 2.31. The van der Waals surface area contributed by atoms with E-state index in [1.165, 1.54) is 17.3 Å². The summed E-state index contributed by atoms with van der Waals surface area (Å²) in [5.41, 5.74) is 4.10. The van der Waals surface area contributed by atoms with Crippen molar-refractivity contribution in [1.82, 2.24) is 14.8 Å². The van der Waals surface area contributed by atoms with Crippen molar-refractivity contribution in [3.05, 3.63) is 96.3 Å². The molecule has 1 saturated carbocycles. The highest BCUT2D eigenvalue weighted by atomic mass is 32.2. The first-order valence-corrected chi connectivity index (χ1v) is 12.2. The van der Waals surface area contributed by atoms with Crippen LogP contribution in [0.1, 0.15) is 37.1 Å². The van der Waals surface area contributed by atoms with Crippen LogP contribution in [0.15, 0.2) is 90.1 Å². The lowest BCUT2D eigenvalue weighted by Gasteiger charge is -2.16. The van der Waals surface area contributed by atoms with Gasteiger partial charge in [0.2, 0.25) is 5.91 Å². The number of nitrogens with zero attached hydrogens (tertiary/aromatic N) is 3. The maximum absolute atomic E-state index is 13.1. The van der Waals surface area contributed by atoms with Crippen LogP contribution < -0.4 is 5.32 Å². The van der Waals surface area contributed by atoms with Gasteiger partial charge in [0.25, 0.3) is 0 Å². The van der Waals surface area contributed by atoms with Gasteiger partial charge in [-0.2, -0.15) is 0 Å². The molecule has 0 radical (unpaired) electrons. The van der Waals surface area contributed by atoms with Gasteiger partial charge in [-0.15, -0.1) is 10.2 Å². The van der Waals surface area contributed by atoms with Crippen LogP contribution in [-0.4, -0.2) is 25.9 Å². The number of hydrogen-bond donors (Lipinski definition) is 1. The van der Waals surface area contributed by atoms with Gasteiger partial charge in [0.05, 0.1) is 11.8 Å². The highest BCUT2D eigenvalue weighted by Gasteiger charge is 2.31. The lowest BCUT2D eigenvalue weighted by molar-refractivity contribution is -0.115. The van der Waals surface area contributed by atoms with Gasteiger partial charge in [0, 0.05) is 17.2 Å². The number of amides is 1. The van der Waals surface area contributed by atoms with Gasteiger partial charge >= 0.3 is 0 Å². The van der Waals surface area contributed by atoms with Crippen molar-refractivity contribution in [2.75, 3.05) is 5.32 Å². The molecular formula is C27H26N4OS. The van der Waals surface area contributed by atoms with E-state index in [1.54, 1.807) is 0 Å². The first-order chi connectivity index (χ1) is 16.2. The summed E-state index contributed by atoms with van der Waals surface area (Å²) in [5.74, 6) is 1.46. The molecule has 1 aromatic heterocycles. The minimum atomic E-state index is -0.320. The average molecular weight is 455 g/mol. The smallest absolute Gasteiger partial charge is 0.237 e. The third kappa shape index (κ3) is 5.01. The number of carbonyl (C=O) groups excluding carboxylic acids is 1. The van der Waals surface area contributed by atoms with Crippen molar-refractivity contribution in [3.63, 3.8) is 0 Å². The molecule has 1 atom stereocenters.